The monoisotopic (exact) mass is 360 g/mol. The molecule has 1 fully saturated rings. The van der Waals surface area contributed by atoms with Crippen molar-refractivity contribution in [1.82, 2.24) is 15.5 Å². The van der Waals surface area contributed by atoms with Crippen LogP contribution in [0.2, 0.25) is 0 Å². The Morgan fingerprint density at radius 2 is 2.04 bits per heavy atom. The molecular formula is C20H32N4O2. The Kier molecular flexibility index (Phi) is 8.25. The maximum Gasteiger partial charge on any atom is 0.224 e. The van der Waals surface area contributed by atoms with Gasteiger partial charge in [0.15, 0.2) is 5.96 Å². The van der Waals surface area contributed by atoms with E-state index in [0.29, 0.717) is 13.0 Å². The maximum atomic E-state index is 12.1. The van der Waals surface area contributed by atoms with Crippen molar-refractivity contribution < 1.29 is 9.53 Å². The average molecular weight is 361 g/mol. The van der Waals surface area contributed by atoms with Gasteiger partial charge in [-0.15, -0.1) is 0 Å². The zero-order valence-electron chi connectivity index (χ0n) is 16.3. The molecule has 1 aromatic carbocycles. The predicted molar refractivity (Wildman–Crippen MR) is 106 cm³/mol. The number of nitrogens with one attached hydrogen (secondary N) is 2. The van der Waals surface area contributed by atoms with Gasteiger partial charge in [0, 0.05) is 32.6 Å². The molecule has 0 radical (unpaired) electrons. The molecule has 6 nitrogen and oxygen atoms in total. The predicted octanol–water partition coefficient (Wildman–Crippen LogP) is 2.11. The Balaban J connectivity index is 1.81. The van der Waals surface area contributed by atoms with Crippen LogP contribution in [-0.4, -0.2) is 56.6 Å². The third kappa shape index (κ3) is 6.24. The second-order valence-corrected chi connectivity index (χ2v) is 6.59. The van der Waals surface area contributed by atoms with Crippen molar-refractivity contribution in [3.05, 3.63) is 29.3 Å². The molecule has 1 aromatic rings. The van der Waals surface area contributed by atoms with Gasteiger partial charge in [0.1, 0.15) is 5.75 Å². The van der Waals surface area contributed by atoms with Crippen LogP contribution in [0.4, 0.5) is 0 Å². The number of carbonyl (C=O) groups excluding carboxylic acids is 1. The smallest absolute Gasteiger partial charge is 0.224 e. The SMILES string of the molecule is CCNC(=NCCC(=O)N1CCCC1)NCCc1cc(C)ccc1OC. The van der Waals surface area contributed by atoms with Gasteiger partial charge in [-0.05, 0) is 44.7 Å². The lowest BCUT2D eigenvalue weighted by Gasteiger charge is -2.15. The van der Waals surface area contributed by atoms with Crippen LogP contribution in [0, 0.1) is 6.92 Å². The van der Waals surface area contributed by atoms with Crippen molar-refractivity contribution in [1.29, 1.82) is 0 Å². The van der Waals surface area contributed by atoms with Crippen LogP contribution in [0.1, 0.15) is 37.3 Å². The fourth-order valence-corrected chi connectivity index (χ4v) is 3.15. The van der Waals surface area contributed by atoms with E-state index in [9.17, 15) is 4.79 Å². The van der Waals surface area contributed by atoms with E-state index in [-0.39, 0.29) is 5.91 Å². The van der Waals surface area contributed by atoms with Gasteiger partial charge in [-0.3, -0.25) is 9.79 Å². The third-order valence-electron chi connectivity index (χ3n) is 4.52. The van der Waals surface area contributed by atoms with Crippen molar-refractivity contribution in [2.75, 3.05) is 39.8 Å². The molecule has 1 heterocycles. The summed E-state index contributed by atoms with van der Waals surface area (Å²) in [4.78, 5) is 18.6. The minimum absolute atomic E-state index is 0.214. The molecule has 1 amide bonds. The molecule has 1 aliphatic rings. The molecule has 1 aliphatic heterocycles. The largest absolute Gasteiger partial charge is 0.496 e. The molecule has 1 saturated heterocycles. The number of benzene rings is 1. The topological polar surface area (TPSA) is 66.0 Å². The number of aliphatic imine (C=N–C) groups is 1. The highest BCUT2D eigenvalue weighted by Gasteiger charge is 2.16. The average Bonchev–Trinajstić information content (AvgIpc) is 3.16. The molecule has 2 N–H and O–H groups in total. The van der Waals surface area contributed by atoms with Gasteiger partial charge in [0.2, 0.25) is 5.91 Å². The normalized spacial score (nSPS) is 14.4. The van der Waals surface area contributed by atoms with E-state index in [1.54, 1.807) is 7.11 Å². The molecule has 0 unspecified atom stereocenters. The second kappa shape index (κ2) is 10.7. The van der Waals surface area contributed by atoms with Gasteiger partial charge in [-0.25, -0.2) is 0 Å². The fraction of sp³-hybridized carbons (Fsp3) is 0.600. The molecule has 0 spiro atoms. The zero-order valence-corrected chi connectivity index (χ0v) is 16.3. The highest BCUT2D eigenvalue weighted by atomic mass is 16.5. The number of rotatable bonds is 8. The molecule has 2 rings (SSSR count). The Morgan fingerprint density at radius 1 is 1.27 bits per heavy atom. The molecule has 144 valence electrons. The van der Waals surface area contributed by atoms with Gasteiger partial charge in [-0.1, -0.05) is 17.7 Å². The number of hydrogen-bond acceptors (Lipinski definition) is 3. The molecule has 0 aromatic heterocycles. The van der Waals surface area contributed by atoms with Crippen LogP contribution in [-0.2, 0) is 11.2 Å². The van der Waals surface area contributed by atoms with Crippen molar-refractivity contribution in [3.63, 3.8) is 0 Å². The first-order valence-corrected chi connectivity index (χ1v) is 9.57. The van der Waals surface area contributed by atoms with Gasteiger partial charge >= 0.3 is 0 Å². The first kappa shape index (κ1) is 20.1. The highest BCUT2D eigenvalue weighted by Crippen LogP contribution is 2.19. The first-order chi connectivity index (χ1) is 12.6. The van der Waals surface area contributed by atoms with E-state index in [2.05, 4.69) is 34.7 Å². The van der Waals surface area contributed by atoms with E-state index in [1.165, 1.54) is 11.1 Å². The van der Waals surface area contributed by atoms with Crippen LogP contribution in [0.15, 0.2) is 23.2 Å². The van der Waals surface area contributed by atoms with Crippen molar-refractivity contribution in [3.8, 4) is 5.75 Å². The van der Waals surface area contributed by atoms with E-state index in [0.717, 1.165) is 57.2 Å². The first-order valence-electron chi connectivity index (χ1n) is 9.57. The van der Waals surface area contributed by atoms with Crippen LogP contribution < -0.4 is 15.4 Å². The van der Waals surface area contributed by atoms with Gasteiger partial charge < -0.3 is 20.3 Å². The van der Waals surface area contributed by atoms with Gasteiger partial charge in [0.25, 0.3) is 0 Å². The molecular weight excluding hydrogens is 328 g/mol. The summed E-state index contributed by atoms with van der Waals surface area (Å²) in [6.07, 6.45) is 3.58. The number of methoxy groups -OCH3 is 1. The van der Waals surface area contributed by atoms with E-state index < -0.39 is 0 Å². The quantitative estimate of drug-likeness (QED) is 0.550. The number of amides is 1. The lowest BCUT2D eigenvalue weighted by Crippen LogP contribution is -2.38. The summed E-state index contributed by atoms with van der Waals surface area (Å²) in [6, 6.07) is 6.21. The number of carbonyl (C=O) groups is 1. The third-order valence-corrected chi connectivity index (χ3v) is 4.52. The zero-order chi connectivity index (χ0) is 18.8. The summed E-state index contributed by atoms with van der Waals surface area (Å²) in [5.41, 5.74) is 2.40. The molecule has 0 saturated carbocycles. The summed E-state index contributed by atoms with van der Waals surface area (Å²) in [7, 11) is 1.70. The second-order valence-electron chi connectivity index (χ2n) is 6.59. The maximum absolute atomic E-state index is 12.1. The van der Waals surface area contributed by atoms with Crippen molar-refractivity contribution >= 4 is 11.9 Å². The Morgan fingerprint density at radius 3 is 2.73 bits per heavy atom. The molecule has 0 aliphatic carbocycles. The highest BCUT2D eigenvalue weighted by molar-refractivity contribution is 5.81. The van der Waals surface area contributed by atoms with Crippen molar-refractivity contribution in [2.45, 2.75) is 39.5 Å². The van der Waals surface area contributed by atoms with E-state index >= 15 is 0 Å². The number of aryl methyl sites for hydroxylation is 1. The Bertz CT molecular complexity index is 610. The Hall–Kier alpha value is -2.24. The van der Waals surface area contributed by atoms with E-state index in [4.69, 9.17) is 4.74 Å². The summed E-state index contributed by atoms with van der Waals surface area (Å²) < 4.78 is 5.43. The minimum Gasteiger partial charge on any atom is -0.496 e. The lowest BCUT2D eigenvalue weighted by molar-refractivity contribution is -0.129. The summed E-state index contributed by atoms with van der Waals surface area (Å²) in [5.74, 6) is 1.88. The Labute approximate surface area is 157 Å². The molecule has 0 bridgehead atoms. The van der Waals surface area contributed by atoms with Crippen molar-refractivity contribution in [2.24, 2.45) is 4.99 Å². The number of nitrogens with zero attached hydrogens (tertiary/aromatic N) is 2. The van der Waals surface area contributed by atoms with Crippen LogP contribution >= 0.6 is 0 Å². The molecule has 0 atom stereocenters. The van der Waals surface area contributed by atoms with Crippen LogP contribution in [0.3, 0.4) is 0 Å². The minimum atomic E-state index is 0.214. The van der Waals surface area contributed by atoms with Crippen LogP contribution in [0.25, 0.3) is 0 Å². The summed E-state index contributed by atoms with van der Waals surface area (Å²) >= 11 is 0. The van der Waals surface area contributed by atoms with E-state index in [1.807, 2.05) is 17.9 Å². The number of ether oxygens (including phenoxy) is 1. The fourth-order valence-electron chi connectivity index (χ4n) is 3.15. The standard InChI is InChI=1S/C20H32N4O2/c1-4-21-20(23-12-10-19(25)24-13-5-6-14-24)22-11-9-17-15-16(2)7-8-18(17)26-3/h7-8,15H,4-6,9-14H2,1-3H3,(H2,21,22,23). The van der Waals surface area contributed by atoms with Crippen LogP contribution in [0.5, 0.6) is 5.75 Å². The van der Waals surface area contributed by atoms with Gasteiger partial charge in [0.05, 0.1) is 13.7 Å². The molecule has 26 heavy (non-hydrogen) atoms. The number of likely N-dealkylation sites (tertiary alicyclic amines) is 1. The number of guanidine groups is 1. The summed E-state index contributed by atoms with van der Waals surface area (Å²) in [5, 5.41) is 6.58. The summed E-state index contributed by atoms with van der Waals surface area (Å²) in [6.45, 7) is 7.98. The number of hydrogen-bond donors (Lipinski definition) is 2. The van der Waals surface area contributed by atoms with Gasteiger partial charge in [-0.2, -0.15) is 0 Å². The molecule has 6 heteroatoms. The lowest BCUT2D eigenvalue weighted by atomic mass is 10.1.